The molecule has 2 aromatic rings. The van der Waals surface area contributed by atoms with Crippen molar-refractivity contribution >= 4 is 33.2 Å². The monoisotopic (exact) mass is 440 g/mol. The first-order valence-electron chi connectivity index (χ1n) is 8.90. The number of anilines is 1. The molecule has 0 aromatic heterocycles. The largest absolute Gasteiger partial charge is 0.495 e. The number of methoxy groups -OCH3 is 2. The normalized spacial score (nSPS) is 11.3. The van der Waals surface area contributed by atoms with Gasteiger partial charge in [-0.3, -0.25) is 9.10 Å². The number of hydrogen-bond acceptors (Lipinski definition) is 5. The fourth-order valence-corrected chi connectivity index (χ4v) is 4.64. The summed E-state index contributed by atoms with van der Waals surface area (Å²) < 4.78 is 38.5. The number of aryl methyl sites for hydroxylation is 1. The first kappa shape index (κ1) is 22.8. The van der Waals surface area contributed by atoms with Crippen molar-refractivity contribution in [3.05, 3.63) is 47.0 Å². The summed E-state index contributed by atoms with van der Waals surface area (Å²) in [5.74, 6) is 0.138. The first-order valence-corrected chi connectivity index (χ1v) is 10.7. The molecule has 0 bridgehead atoms. The molecule has 2 rings (SSSR count). The van der Waals surface area contributed by atoms with Crippen molar-refractivity contribution in [1.82, 2.24) is 5.32 Å². The van der Waals surface area contributed by atoms with Crippen LogP contribution in [0.25, 0.3) is 0 Å². The van der Waals surface area contributed by atoms with Gasteiger partial charge in [-0.15, -0.1) is 0 Å². The molecule has 0 aliphatic heterocycles. The van der Waals surface area contributed by atoms with Crippen LogP contribution in [0, 0.1) is 6.92 Å². The van der Waals surface area contributed by atoms with Gasteiger partial charge in [-0.05, 0) is 56.7 Å². The van der Waals surface area contributed by atoms with Crippen molar-refractivity contribution in [2.75, 3.05) is 25.1 Å². The summed E-state index contributed by atoms with van der Waals surface area (Å²) in [6.07, 6.45) is 0. The predicted molar refractivity (Wildman–Crippen MR) is 114 cm³/mol. The minimum absolute atomic E-state index is 0.0377. The Labute approximate surface area is 176 Å². The Balaban J connectivity index is 2.61. The maximum atomic E-state index is 13.5. The van der Waals surface area contributed by atoms with Crippen molar-refractivity contribution in [2.24, 2.45) is 0 Å². The van der Waals surface area contributed by atoms with Crippen LogP contribution in [-0.4, -0.2) is 41.1 Å². The average molecular weight is 441 g/mol. The van der Waals surface area contributed by atoms with Crippen LogP contribution in [0.2, 0.25) is 5.02 Å². The van der Waals surface area contributed by atoms with Gasteiger partial charge in [0.15, 0.2) is 0 Å². The summed E-state index contributed by atoms with van der Waals surface area (Å²) in [6.45, 7) is 4.95. The summed E-state index contributed by atoms with van der Waals surface area (Å²) >= 11 is 6.20. The van der Waals surface area contributed by atoms with E-state index in [1.807, 2.05) is 0 Å². The zero-order valence-electron chi connectivity index (χ0n) is 17.0. The highest BCUT2D eigenvalue weighted by molar-refractivity contribution is 7.93. The zero-order valence-corrected chi connectivity index (χ0v) is 18.6. The Morgan fingerprint density at radius 3 is 2.28 bits per heavy atom. The van der Waals surface area contributed by atoms with Crippen LogP contribution >= 0.6 is 11.6 Å². The lowest BCUT2D eigenvalue weighted by atomic mass is 10.2. The highest BCUT2D eigenvalue weighted by Gasteiger charge is 2.30. The molecule has 7 nitrogen and oxygen atoms in total. The SMILES string of the molecule is COc1ccc(N(CC(=O)NC(C)C)S(=O)(=O)c2cc(C)ccc2OC)cc1Cl. The Kier molecular flexibility index (Phi) is 7.37. The van der Waals surface area contributed by atoms with Crippen LogP contribution < -0.4 is 19.1 Å². The molecule has 0 spiro atoms. The third-order valence-electron chi connectivity index (χ3n) is 4.05. The summed E-state index contributed by atoms with van der Waals surface area (Å²) in [7, 11) is -1.28. The fraction of sp³-hybridized carbons (Fsp3) is 0.350. The number of carbonyl (C=O) groups excluding carboxylic acids is 1. The standard InChI is InChI=1S/C20H25ClN2O5S/c1-13(2)22-20(24)12-23(15-7-9-17(27-4)16(21)11-15)29(25,26)19-10-14(3)6-8-18(19)28-5/h6-11,13H,12H2,1-5H3,(H,22,24). The molecule has 1 amide bonds. The molecule has 0 unspecified atom stereocenters. The number of halogens is 1. The molecule has 0 aliphatic rings. The number of nitrogens with one attached hydrogen (secondary N) is 1. The summed E-state index contributed by atoms with van der Waals surface area (Å²) in [6, 6.07) is 9.23. The second kappa shape index (κ2) is 9.37. The van der Waals surface area contributed by atoms with Gasteiger partial charge in [-0.2, -0.15) is 0 Å². The molecule has 29 heavy (non-hydrogen) atoms. The average Bonchev–Trinajstić information content (AvgIpc) is 2.65. The molecule has 0 atom stereocenters. The van der Waals surface area contributed by atoms with E-state index >= 15 is 0 Å². The molecule has 1 N–H and O–H groups in total. The number of amides is 1. The number of nitrogens with zero attached hydrogens (tertiary/aromatic N) is 1. The molecule has 0 fully saturated rings. The smallest absolute Gasteiger partial charge is 0.268 e. The molecule has 158 valence electrons. The van der Waals surface area contributed by atoms with E-state index in [1.165, 1.54) is 32.4 Å². The predicted octanol–water partition coefficient (Wildman–Crippen LogP) is 3.39. The third kappa shape index (κ3) is 5.33. The maximum absolute atomic E-state index is 13.5. The van der Waals surface area contributed by atoms with E-state index < -0.39 is 22.5 Å². The van der Waals surface area contributed by atoms with E-state index in [4.69, 9.17) is 21.1 Å². The first-order chi connectivity index (χ1) is 13.6. The summed E-state index contributed by atoms with van der Waals surface area (Å²) in [5, 5.41) is 2.94. The Morgan fingerprint density at radius 2 is 1.72 bits per heavy atom. The second-order valence-corrected chi connectivity index (χ2v) is 8.94. The summed E-state index contributed by atoms with van der Waals surface area (Å²) in [5.41, 5.74) is 0.974. The Bertz CT molecular complexity index is 992. The Morgan fingerprint density at radius 1 is 1.10 bits per heavy atom. The Hall–Kier alpha value is -2.45. The number of sulfonamides is 1. The second-order valence-electron chi connectivity index (χ2n) is 6.71. The van der Waals surface area contributed by atoms with Crippen LogP contribution in [0.15, 0.2) is 41.3 Å². The summed E-state index contributed by atoms with van der Waals surface area (Å²) in [4.78, 5) is 12.4. The van der Waals surface area contributed by atoms with Gasteiger partial charge < -0.3 is 14.8 Å². The van der Waals surface area contributed by atoms with E-state index in [-0.39, 0.29) is 27.4 Å². The molecule has 0 aliphatic carbocycles. The third-order valence-corrected chi connectivity index (χ3v) is 6.14. The fourth-order valence-electron chi connectivity index (χ4n) is 2.73. The van der Waals surface area contributed by atoms with Crippen molar-refractivity contribution in [1.29, 1.82) is 0 Å². The highest BCUT2D eigenvalue weighted by atomic mass is 35.5. The van der Waals surface area contributed by atoms with Gasteiger partial charge in [-0.25, -0.2) is 8.42 Å². The van der Waals surface area contributed by atoms with Gasteiger partial charge in [0.05, 0.1) is 24.9 Å². The zero-order chi connectivity index (χ0) is 21.8. The van der Waals surface area contributed by atoms with Crippen LogP contribution in [-0.2, 0) is 14.8 Å². The molecule has 0 heterocycles. The maximum Gasteiger partial charge on any atom is 0.268 e. The number of hydrogen-bond donors (Lipinski definition) is 1. The van der Waals surface area contributed by atoms with Crippen LogP contribution in [0.1, 0.15) is 19.4 Å². The molecule has 2 aromatic carbocycles. The van der Waals surface area contributed by atoms with Crippen LogP contribution in [0.3, 0.4) is 0 Å². The van der Waals surface area contributed by atoms with E-state index in [0.717, 1.165) is 9.87 Å². The van der Waals surface area contributed by atoms with Gasteiger partial charge in [-0.1, -0.05) is 17.7 Å². The minimum Gasteiger partial charge on any atom is -0.495 e. The van der Waals surface area contributed by atoms with Crippen molar-refractivity contribution in [3.8, 4) is 11.5 Å². The number of rotatable bonds is 8. The van der Waals surface area contributed by atoms with Crippen molar-refractivity contribution in [2.45, 2.75) is 31.7 Å². The lowest BCUT2D eigenvalue weighted by Gasteiger charge is -2.26. The van der Waals surface area contributed by atoms with Crippen LogP contribution in [0.4, 0.5) is 5.69 Å². The highest BCUT2D eigenvalue weighted by Crippen LogP contribution is 2.34. The van der Waals surface area contributed by atoms with E-state index in [0.29, 0.717) is 5.75 Å². The van der Waals surface area contributed by atoms with E-state index in [9.17, 15) is 13.2 Å². The van der Waals surface area contributed by atoms with Gasteiger partial charge >= 0.3 is 0 Å². The van der Waals surface area contributed by atoms with Crippen molar-refractivity contribution in [3.63, 3.8) is 0 Å². The number of carbonyl (C=O) groups is 1. The molecule has 0 saturated carbocycles. The number of ether oxygens (including phenoxy) is 2. The molecule has 9 heteroatoms. The van der Waals surface area contributed by atoms with Gasteiger partial charge in [0.1, 0.15) is 22.9 Å². The molecule has 0 radical (unpaired) electrons. The lowest BCUT2D eigenvalue weighted by Crippen LogP contribution is -2.43. The van der Waals surface area contributed by atoms with Gasteiger partial charge in [0, 0.05) is 6.04 Å². The van der Waals surface area contributed by atoms with E-state index in [2.05, 4.69) is 5.32 Å². The van der Waals surface area contributed by atoms with E-state index in [1.54, 1.807) is 39.0 Å². The van der Waals surface area contributed by atoms with Gasteiger partial charge in [0.25, 0.3) is 10.0 Å². The van der Waals surface area contributed by atoms with Gasteiger partial charge in [0.2, 0.25) is 5.91 Å². The molecular weight excluding hydrogens is 416 g/mol. The molecular formula is C20H25ClN2O5S. The van der Waals surface area contributed by atoms with Crippen LogP contribution in [0.5, 0.6) is 11.5 Å². The number of benzene rings is 2. The lowest BCUT2D eigenvalue weighted by molar-refractivity contribution is -0.120. The van der Waals surface area contributed by atoms with Crippen molar-refractivity contribution < 1.29 is 22.7 Å². The quantitative estimate of drug-likeness (QED) is 0.680. The molecule has 0 saturated heterocycles. The minimum atomic E-state index is -4.14. The topological polar surface area (TPSA) is 84.9 Å².